The van der Waals surface area contributed by atoms with Gasteiger partial charge in [0.2, 0.25) is 0 Å². The number of fused-ring (bicyclic) bond motifs is 6. The molecule has 11 rings (SSSR count). The smallest absolute Gasteiger partial charge is 0.167 e. The maximum atomic E-state index is 6.43. The first-order chi connectivity index (χ1) is 27.7. The molecule has 3 heterocycles. The number of hydrogen-bond acceptors (Lipinski definition) is 5. The predicted octanol–water partition coefficient (Wildman–Crippen LogP) is 14.1. The summed E-state index contributed by atoms with van der Waals surface area (Å²) in [7, 11) is 0. The lowest BCUT2D eigenvalue weighted by Gasteiger charge is -2.11. The Morgan fingerprint density at radius 1 is 0.321 bits per heavy atom. The molecule has 0 aliphatic carbocycles. The van der Waals surface area contributed by atoms with Gasteiger partial charge < -0.3 is 4.42 Å². The van der Waals surface area contributed by atoms with Gasteiger partial charge in [0.1, 0.15) is 11.2 Å². The Morgan fingerprint density at radius 2 is 0.839 bits per heavy atom. The molecule has 5 heteroatoms. The van der Waals surface area contributed by atoms with Crippen molar-refractivity contribution in [2.24, 2.45) is 0 Å². The van der Waals surface area contributed by atoms with Crippen molar-refractivity contribution in [3.8, 4) is 67.5 Å². The standard InChI is InChI=1S/C51H31N3OS/c1-4-14-32(15-5-1)37-30-43(48-44(31-37)41-23-12-21-38(47(41)56-48)33-16-6-2-7-17-33)34-26-28-36(29-27-34)50-52-49(35-18-8-3-9-19-35)53-51(54-50)42-24-13-22-40-39-20-10-11-25-45(39)55-46(40)42/h1-31H. The lowest BCUT2D eigenvalue weighted by atomic mass is 9.95. The van der Waals surface area contributed by atoms with Crippen LogP contribution in [-0.2, 0) is 0 Å². The molecule has 3 aromatic heterocycles. The molecule has 0 aliphatic rings. The van der Waals surface area contributed by atoms with Crippen LogP contribution in [0.1, 0.15) is 0 Å². The number of hydrogen-bond donors (Lipinski definition) is 0. The summed E-state index contributed by atoms with van der Waals surface area (Å²) in [5.74, 6) is 1.78. The monoisotopic (exact) mass is 733 g/mol. The van der Waals surface area contributed by atoms with E-state index in [9.17, 15) is 0 Å². The van der Waals surface area contributed by atoms with Crippen LogP contribution in [0.5, 0.6) is 0 Å². The number of aromatic nitrogens is 3. The van der Waals surface area contributed by atoms with Gasteiger partial charge in [-0.05, 0) is 52.1 Å². The summed E-state index contributed by atoms with van der Waals surface area (Å²) in [5, 5.41) is 4.63. The third-order valence-corrected chi connectivity index (χ3v) is 11.8. The van der Waals surface area contributed by atoms with E-state index in [1.54, 1.807) is 0 Å². The maximum absolute atomic E-state index is 6.43. The van der Waals surface area contributed by atoms with E-state index in [2.05, 4.69) is 127 Å². The minimum absolute atomic E-state index is 0.569. The van der Waals surface area contributed by atoms with Crippen LogP contribution in [0, 0.1) is 0 Å². The zero-order valence-corrected chi connectivity index (χ0v) is 30.9. The summed E-state index contributed by atoms with van der Waals surface area (Å²) in [6.45, 7) is 0. The SMILES string of the molecule is c1ccc(-c2cc(-c3ccc(-c4nc(-c5ccccc5)nc(-c5cccc6c5oc5ccccc56)n4)cc3)c3sc4c(-c5ccccc5)cccc4c3c2)cc1. The lowest BCUT2D eigenvalue weighted by molar-refractivity contribution is 0.669. The molecular formula is C51H31N3OS. The Kier molecular flexibility index (Phi) is 7.64. The average Bonchev–Trinajstić information content (AvgIpc) is 3.86. The first kappa shape index (κ1) is 32.2. The summed E-state index contributed by atoms with van der Waals surface area (Å²) in [5.41, 5.74) is 11.5. The van der Waals surface area contributed by atoms with Gasteiger partial charge in [0.25, 0.3) is 0 Å². The first-order valence-corrected chi connectivity index (χ1v) is 19.5. The van der Waals surface area contributed by atoms with E-state index < -0.39 is 0 Å². The van der Waals surface area contributed by atoms with Crippen molar-refractivity contribution >= 4 is 53.4 Å². The second-order valence-corrected chi connectivity index (χ2v) is 15.0. The Balaban J connectivity index is 1.08. The van der Waals surface area contributed by atoms with Gasteiger partial charge in [-0.2, -0.15) is 0 Å². The number of para-hydroxylation sites is 2. The average molecular weight is 734 g/mol. The highest BCUT2D eigenvalue weighted by Gasteiger charge is 2.19. The molecule has 262 valence electrons. The fourth-order valence-electron chi connectivity index (χ4n) is 7.82. The van der Waals surface area contributed by atoms with E-state index >= 15 is 0 Å². The fourth-order valence-corrected chi connectivity index (χ4v) is 9.17. The van der Waals surface area contributed by atoms with Gasteiger partial charge in [-0.25, -0.2) is 15.0 Å². The van der Waals surface area contributed by atoms with Gasteiger partial charge in [-0.15, -0.1) is 11.3 Å². The van der Waals surface area contributed by atoms with E-state index in [0.29, 0.717) is 17.5 Å². The summed E-state index contributed by atoms with van der Waals surface area (Å²) >= 11 is 1.87. The van der Waals surface area contributed by atoms with Crippen LogP contribution in [0.2, 0.25) is 0 Å². The summed E-state index contributed by atoms with van der Waals surface area (Å²) in [6.07, 6.45) is 0. The van der Waals surface area contributed by atoms with Gasteiger partial charge in [-0.1, -0.05) is 164 Å². The van der Waals surface area contributed by atoms with Crippen LogP contribution >= 0.6 is 11.3 Å². The number of nitrogens with zero attached hydrogens (tertiary/aromatic N) is 3. The van der Waals surface area contributed by atoms with Crippen LogP contribution in [0.3, 0.4) is 0 Å². The van der Waals surface area contributed by atoms with E-state index in [4.69, 9.17) is 19.4 Å². The van der Waals surface area contributed by atoms with Crippen LogP contribution in [0.4, 0.5) is 0 Å². The maximum Gasteiger partial charge on any atom is 0.167 e. The number of rotatable bonds is 6. The summed E-state index contributed by atoms with van der Waals surface area (Å²) < 4.78 is 8.99. The second-order valence-electron chi connectivity index (χ2n) is 13.9. The third kappa shape index (κ3) is 5.48. The molecule has 0 N–H and O–H groups in total. The largest absolute Gasteiger partial charge is 0.455 e. The molecule has 0 radical (unpaired) electrons. The quantitative estimate of drug-likeness (QED) is 0.171. The Labute approximate surface area is 327 Å². The first-order valence-electron chi connectivity index (χ1n) is 18.7. The van der Waals surface area contributed by atoms with Crippen LogP contribution in [0.15, 0.2) is 192 Å². The zero-order chi connectivity index (χ0) is 37.0. The van der Waals surface area contributed by atoms with Gasteiger partial charge in [-0.3, -0.25) is 0 Å². The van der Waals surface area contributed by atoms with Crippen molar-refractivity contribution in [3.63, 3.8) is 0 Å². The van der Waals surface area contributed by atoms with Crippen molar-refractivity contribution in [1.29, 1.82) is 0 Å². The molecule has 0 saturated heterocycles. The minimum Gasteiger partial charge on any atom is -0.455 e. The molecule has 4 nitrogen and oxygen atoms in total. The van der Waals surface area contributed by atoms with Gasteiger partial charge in [0, 0.05) is 47.6 Å². The van der Waals surface area contributed by atoms with Crippen molar-refractivity contribution in [2.75, 3.05) is 0 Å². The molecule has 0 unspecified atom stereocenters. The highest BCUT2D eigenvalue weighted by atomic mass is 32.1. The molecule has 0 bridgehead atoms. The molecule has 56 heavy (non-hydrogen) atoms. The molecule has 0 aliphatic heterocycles. The van der Waals surface area contributed by atoms with Crippen LogP contribution < -0.4 is 0 Å². The molecule has 8 aromatic carbocycles. The third-order valence-electron chi connectivity index (χ3n) is 10.6. The minimum atomic E-state index is 0.569. The molecule has 0 fully saturated rings. The predicted molar refractivity (Wildman–Crippen MR) is 233 cm³/mol. The Morgan fingerprint density at radius 3 is 1.57 bits per heavy atom. The van der Waals surface area contributed by atoms with Crippen molar-refractivity contribution in [3.05, 3.63) is 188 Å². The Hall–Kier alpha value is -7.21. The van der Waals surface area contributed by atoms with Gasteiger partial charge in [0.05, 0.1) is 5.56 Å². The van der Waals surface area contributed by atoms with Gasteiger partial charge in [0.15, 0.2) is 17.5 Å². The van der Waals surface area contributed by atoms with Crippen LogP contribution in [-0.4, -0.2) is 15.0 Å². The summed E-state index contributed by atoms with van der Waals surface area (Å²) in [6, 6.07) is 65.8. The molecule has 0 spiro atoms. The second kappa shape index (κ2) is 13.3. The molecule has 0 amide bonds. The number of furan rings is 1. The van der Waals surface area contributed by atoms with E-state index in [1.165, 1.54) is 48.0 Å². The zero-order valence-electron chi connectivity index (χ0n) is 30.1. The van der Waals surface area contributed by atoms with E-state index in [1.807, 2.05) is 72.0 Å². The van der Waals surface area contributed by atoms with Crippen molar-refractivity contribution in [2.45, 2.75) is 0 Å². The summed E-state index contributed by atoms with van der Waals surface area (Å²) in [4.78, 5) is 15.2. The topological polar surface area (TPSA) is 51.8 Å². The molecule has 0 saturated carbocycles. The number of thiophene rings is 1. The normalized spacial score (nSPS) is 11.6. The van der Waals surface area contributed by atoms with Crippen molar-refractivity contribution in [1.82, 2.24) is 15.0 Å². The Bertz CT molecular complexity index is 3230. The lowest BCUT2D eigenvalue weighted by Crippen LogP contribution is -2.00. The van der Waals surface area contributed by atoms with E-state index in [0.717, 1.165) is 44.2 Å². The highest BCUT2D eigenvalue weighted by Crippen LogP contribution is 2.46. The number of benzene rings is 8. The molecule has 0 atom stereocenters. The fraction of sp³-hybridized carbons (Fsp3) is 0. The van der Waals surface area contributed by atoms with Gasteiger partial charge >= 0.3 is 0 Å². The van der Waals surface area contributed by atoms with Crippen molar-refractivity contribution < 1.29 is 4.42 Å². The van der Waals surface area contributed by atoms with Crippen LogP contribution in [0.25, 0.3) is 110 Å². The molecular weight excluding hydrogens is 703 g/mol. The highest BCUT2D eigenvalue weighted by molar-refractivity contribution is 7.26. The molecule has 11 aromatic rings. The van der Waals surface area contributed by atoms with E-state index in [-0.39, 0.29) is 0 Å².